The minimum absolute atomic E-state index is 0.164. The lowest BCUT2D eigenvalue weighted by atomic mass is 10.2. The second-order valence-electron chi connectivity index (χ2n) is 6.35. The molecule has 0 aliphatic heterocycles. The molecule has 5 nitrogen and oxygen atoms in total. The van der Waals surface area contributed by atoms with E-state index in [1.807, 2.05) is 36.4 Å². The molecule has 4 rings (SSSR count). The van der Waals surface area contributed by atoms with Crippen LogP contribution in [0.3, 0.4) is 0 Å². The van der Waals surface area contributed by atoms with Crippen molar-refractivity contribution in [2.24, 2.45) is 0 Å². The number of carbonyl (C=O) groups is 1. The zero-order chi connectivity index (χ0) is 20.2. The number of hydrogen-bond acceptors (Lipinski definition) is 4. The predicted octanol–water partition coefficient (Wildman–Crippen LogP) is 4.68. The van der Waals surface area contributed by atoms with Gasteiger partial charge >= 0.3 is 5.97 Å². The van der Waals surface area contributed by atoms with Crippen LogP contribution in [-0.2, 0) is 17.4 Å². The van der Waals surface area contributed by atoms with Gasteiger partial charge in [0, 0.05) is 15.2 Å². The smallest absolute Gasteiger partial charge is 0.335 e. The summed E-state index contributed by atoms with van der Waals surface area (Å²) in [7, 11) is -1.39. The lowest BCUT2D eigenvalue weighted by Gasteiger charge is -2.08. The van der Waals surface area contributed by atoms with Crippen molar-refractivity contribution in [3.8, 4) is 5.75 Å². The number of carboxylic acids is 1. The van der Waals surface area contributed by atoms with Gasteiger partial charge in [-0.05, 0) is 60.7 Å². The van der Waals surface area contributed by atoms with E-state index in [1.165, 1.54) is 12.1 Å². The Balaban J connectivity index is 1.42. The lowest BCUT2D eigenvalue weighted by Crippen LogP contribution is -1.99. The number of hydrogen-bond donors (Lipinski definition) is 1. The molecule has 0 fully saturated rings. The molecular weight excluding hydrogens is 386 g/mol. The molecular formula is C23H17NO4S. The highest BCUT2D eigenvalue weighted by Crippen LogP contribution is 2.21. The Morgan fingerprint density at radius 2 is 1.52 bits per heavy atom. The molecule has 1 aromatic heterocycles. The van der Waals surface area contributed by atoms with Crippen LogP contribution in [0.1, 0.15) is 16.1 Å². The average molecular weight is 403 g/mol. The van der Waals surface area contributed by atoms with Crippen LogP contribution >= 0.6 is 0 Å². The molecule has 0 saturated heterocycles. The maximum Gasteiger partial charge on any atom is 0.335 e. The predicted molar refractivity (Wildman–Crippen MR) is 111 cm³/mol. The Morgan fingerprint density at radius 1 is 0.862 bits per heavy atom. The Morgan fingerprint density at radius 3 is 2.21 bits per heavy atom. The van der Waals surface area contributed by atoms with E-state index in [1.54, 1.807) is 36.4 Å². The standard InChI is InChI=1S/C23H17NO4S/c25-23(26)17-6-11-20(12-7-17)29(27)21-13-9-19(10-14-21)28-15-18-8-5-16-3-1-2-4-22(16)24-18/h1-14H,15H2,(H,25,26)/t29-/m1/s1. The van der Waals surface area contributed by atoms with E-state index in [0.29, 0.717) is 22.1 Å². The van der Waals surface area contributed by atoms with Gasteiger partial charge in [0.05, 0.1) is 27.6 Å². The lowest BCUT2D eigenvalue weighted by molar-refractivity contribution is 0.0697. The van der Waals surface area contributed by atoms with E-state index in [2.05, 4.69) is 4.98 Å². The van der Waals surface area contributed by atoms with Gasteiger partial charge in [-0.2, -0.15) is 0 Å². The monoisotopic (exact) mass is 403 g/mol. The second-order valence-corrected chi connectivity index (χ2v) is 7.83. The van der Waals surface area contributed by atoms with E-state index < -0.39 is 16.8 Å². The quantitative estimate of drug-likeness (QED) is 0.506. The number of pyridine rings is 1. The Bertz CT molecular complexity index is 1190. The number of para-hydroxylation sites is 1. The minimum atomic E-state index is -1.39. The van der Waals surface area contributed by atoms with Gasteiger partial charge in [-0.25, -0.2) is 14.0 Å². The zero-order valence-corrected chi connectivity index (χ0v) is 16.1. The summed E-state index contributed by atoms with van der Waals surface area (Å²) in [5.74, 6) is -0.355. The molecule has 3 aromatic carbocycles. The fourth-order valence-electron chi connectivity index (χ4n) is 2.86. The van der Waals surface area contributed by atoms with Crippen molar-refractivity contribution < 1.29 is 18.8 Å². The first kappa shape index (κ1) is 18.8. The van der Waals surface area contributed by atoms with Crippen LogP contribution in [0.5, 0.6) is 5.75 Å². The average Bonchev–Trinajstić information content (AvgIpc) is 2.77. The summed E-state index contributed by atoms with van der Waals surface area (Å²) >= 11 is 0. The normalized spacial score (nSPS) is 11.9. The first-order valence-electron chi connectivity index (χ1n) is 8.93. The summed E-state index contributed by atoms with van der Waals surface area (Å²) < 4.78 is 18.5. The molecule has 0 radical (unpaired) electrons. The van der Waals surface area contributed by atoms with E-state index >= 15 is 0 Å². The van der Waals surface area contributed by atoms with Crippen molar-refractivity contribution in [2.45, 2.75) is 16.4 Å². The van der Waals surface area contributed by atoms with Crippen LogP contribution < -0.4 is 4.74 Å². The number of nitrogens with zero attached hydrogens (tertiary/aromatic N) is 1. The first-order valence-corrected chi connectivity index (χ1v) is 10.1. The molecule has 0 aliphatic carbocycles. The van der Waals surface area contributed by atoms with Gasteiger partial charge < -0.3 is 9.84 Å². The molecule has 0 aliphatic rings. The molecule has 6 heteroatoms. The van der Waals surface area contributed by atoms with Crippen molar-refractivity contribution >= 4 is 27.7 Å². The summed E-state index contributed by atoms with van der Waals surface area (Å²) in [6, 6.07) is 24.9. The molecule has 1 heterocycles. The fraction of sp³-hybridized carbons (Fsp3) is 0.0435. The Labute approximate surface area is 170 Å². The minimum Gasteiger partial charge on any atom is -0.487 e. The van der Waals surface area contributed by atoms with E-state index in [9.17, 15) is 9.00 Å². The van der Waals surface area contributed by atoms with Gasteiger partial charge in [0.1, 0.15) is 12.4 Å². The third-order valence-electron chi connectivity index (χ3n) is 4.40. The van der Waals surface area contributed by atoms with Crippen LogP contribution in [0, 0.1) is 0 Å². The number of ether oxygens (including phenoxy) is 1. The van der Waals surface area contributed by atoms with E-state index in [0.717, 1.165) is 16.6 Å². The summed E-state index contributed by atoms with van der Waals surface area (Å²) in [6.45, 7) is 0.337. The van der Waals surface area contributed by atoms with Crippen LogP contribution in [0.2, 0.25) is 0 Å². The zero-order valence-electron chi connectivity index (χ0n) is 15.3. The SMILES string of the molecule is O=C(O)c1ccc([S@@](=O)c2ccc(OCc3ccc4ccccc4n3)cc2)cc1. The molecule has 1 N–H and O–H groups in total. The summed E-state index contributed by atoms with van der Waals surface area (Å²) in [5.41, 5.74) is 1.92. The van der Waals surface area contributed by atoms with E-state index in [4.69, 9.17) is 9.84 Å². The molecule has 0 bridgehead atoms. The third kappa shape index (κ3) is 4.33. The Kier molecular flexibility index (Phi) is 5.35. The number of aromatic nitrogens is 1. The molecule has 4 aromatic rings. The molecule has 29 heavy (non-hydrogen) atoms. The van der Waals surface area contributed by atoms with Crippen molar-refractivity contribution in [2.75, 3.05) is 0 Å². The van der Waals surface area contributed by atoms with Crippen LogP contribution in [0.15, 0.2) is 94.7 Å². The maximum absolute atomic E-state index is 12.7. The topological polar surface area (TPSA) is 76.5 Å². The van der Waals surface area contributed by atoms with Gasteiger partial charge in [0.25, 0.3) is 0 Å². The van der Waals surface area contributed by atoms with Crippen molar-refractivity contribution in [1.82, 2.24) is 4.98 Å². The van der Waals surface area contributed by atoms with Crippen molar-refractivity contribution in [1.29, 1.82) is 0 Å². The fourth-order valence-corrected chi connectivity index (χ4v) is 3.90. The highest BCUT2D eigenvalue weighted by Gasteiger charge is 2.09. The molecule has 144 valence electrons. The summed E-state index contributed by atoms with van der Waals surface area (Å²) in [4.78, 5) is 16.7. The number of fused-ring (bicyclic) bond motifs is 1. The van der Waals surface area contributed by atoms with Gasteiger partial charge in [-0.3, -0.25) is 0 Å². The number of benzene rings is 3. The van der Waals surface area contributed by atoms with Gasteiger partial charge in [0.15, 0.2) is 0 Å². The van der Waals surface area contributed by atoms with Crippen molar-refractivity contribution in [3.63, 3.8) is 0 Å². The Hall–Kier alpha value is -3.51. The number of rotatable bonds is 6. The van der Waals surface area contributed by atoms with Gasteiger partial charge in [-0.15, -0.1) is 0 Å². The largest absolute Gasteiger partial charge is 0.487 e. The third-order valence-corrected chi connectivity index (χ3v) is 5.80. The summed E-state index contributed by atoms with van der Waals surface area (Å²) in [5, 5.41) is 10.0. The molecule has 0 amide bonds. The first-order chi connectivity index (χ1) is 14.1. The molecule has 1 atom stereocenters. The van der Waals surface area contributed by atoms with Crippen LogP contribution in [-0.4, -0.2) is 20.3 Å². The van der Waals surface area contributed by atoms with Crippen LogP contribution in [0.25, 0.3) is 10.9 Å². The molecule has 0 saturated carbocycles. The molecule has 0 spiro atoms. The van der Waals surface area contributed by atoms with Gasteiger partial charge in [0.2, 0.25) is 0 Å². The summed E-state index contributed by atoms with van der Waals surface area (Å²) in [6.07, 6.45) is 0. The van der Waals surface area contributed by atoms with Crippen molar-refractivity contribution in [3.05, 3.63) is 96.2 Å². The second kappa shape index (κ2) is 8.24. The van der Waals surface area contributed by atoms with E-state index in [-0.39, 0.29) is 5.56 Å². The highest BCUT2D eigenvalue weighted by molar-refractivity contribution is 7.85. The molecule has 0 unspecified atom stereocenters. The number of carboxylic acid groups (broad SMARTS) is 1. The van der Waals surface area contributed by atoms with Gasteiger partial charge in [-0.1, -0.05) is 24.3 Å². The maximum atomic E-state index is 12.7. The number of aromatic carboxylic acids is 1. The van der Waals surface area contributed by atoms with Crippen LogP contribution in [0.4, 0.5) is 0 Å². The highest BCUT2D eigenvalue weighted by atomic mass is 32.2.